The number of nitrogens with zero attached hydrogens (tertiary/aromatic N) is 6. The summed E-state index contributed by atoms with van der Waals surface area (Å²) in [6.07, 6.45) is 8.29. The molecule has 2 aromatic rings. The molecule has 2 aromatic heterocycles. The van der Waals surface area contributed by atoms with Gasteiger partial charge in [-0.05, 0) is 45.1 Å². The quantitative estimate of drug-likeness (QED) is 0.801. The first-order chi connectivity index (χ1) is 14.2. The smallest absolute Gasteiger partial charge is 0.226 e. The monoisotopic (exact) mass is 398 g/mol. The van der Waals surface area contributed by atoms with Gasteiger partial charge in [0.05, 0.1) is 12.2 Å². The van der Waals surface area contributed by atoms with Gasteiger partial charge in [0, 0.05) is 38.8 Å². The lowest BCUT2D eigenvalue weighted by Crippen LogP contribution is -2.51. The number of piperidine rings is 2. The molecular weight excluding hydrogens is 368 g/mol. The molecule has 3 aliphatic rings. The predicted molar refractivity (Wildman–Crippen MR) is 111 cm³/mol. The normalized spacial score (nSPS) is 24.5. The fourth-order valence-corrected chi connectivity index (χ4v) is 5.24. The van der Waals surface area contributed by atoms with E-state index in [1.807, 2.05) is 0 Å². The van der Waals surface area contributed by atoms with Crippen LogP contribution in [0.25, 0.3) is 11.2 Å². The van der Waals surface area contributed by atoms with Gasteiger partial charge in [0.2, 0.25) is 11.9 Å². The van der Waals surface area contributed by atoms with Crippen LogP contribution >= 0.6 is 0 Å². The number of rotatable bonds is 3. The summed E-state index contributed by atoms with van der Waals surface area (Å²) >= 11 is 0. The summed E-state index contributed by atoms with van der Waals surface area (Å²) in [5.74, 6) is 1.69. The molecule has 0 aliphatic carbocycles. The van der Waals surface area contributed by atoms with Crippen molar-refractivity contribution in [1.82, 2.24) is 29.7 Å². The molecule has 0 radical (unpaired) electrons. The van der Waals surface area contributed by atoms with Gasteiger partial charge < -0.3 is 20.5 Å². The van der Waals surface area contributed by atoms with Crippen LogP contribution in [-0.2, 0) is 4.79 Å². The number of carbonyl (C=O) groups excluding carboxylic acids is 1. The number of hydrogen-bond acceptors (Lipinski definition) is 7. The van der Waals surface area contributed by atoms with Crippen molar-refractivity contribution >= 4 is 28.8 Å². The number of nitrogen functional groups attached to an aromatic ring is 1. The second kappa shape index (κ2) is 7.78. The summed E-state index contributed by atoms with van der Waals surface area (Å²) in [4.78, 5) is 35.8. The van der Waals surface area contributed by atoms with E-state index in [2.05, 4.69) is 34.6 Å². The molecule has 9 nitrogen and oxygen atoms in total. The number of carbonyl (C=O) groups is 1. The third kappa shape index (κ3) is 3.63. The highest BCUT2D eigenvalue weighted by Gasteiger charge is 2.34. The zero-order chi connectivity index (χ0) is 19.8. The van der Waals surface area contributed by atoms with Crippen molar-refractivity contribution in [2.45, 2.75) is 44.6 Å². The highest BCUT2D eigenvalue weighted by Crippen LogP contribution is 2.29. The second-order valence-corrected chi connectivity index (χ2v) is 8.59. The minimum Gasteiger partial charge on any atom is -0.368 e. The molecule has 1 amide bonds. The van der Waals surface area contributed by atoms with E-state index in [4.69, 9.17) is 5.73 Å². The lowest BCUT2D eigenvalue weighted by molar-refractivity contribution is -0.136. The van der Waals surface area contributed by atoms with Crippen molar-refractivity contribution in [3.63, 3.8) is 0 Å². The minimum atomic E-state index is 0.186. The number of H-pyrrole nitrogens is 1. The van der Waals surface area contributed by atoms with Gasteiger partial charge in [-0.15, -0.1) is 0 Å². The third-order valence-corrected chi connectivity index (χ3v) is 6.78. The maximum atomic E-state index is 12.9. The van der Waals surface area contributed by atoms with E-state index in [1.54, 1.807) is 6.33 Å². The summed E-state index contributed by atoms with van der Waals surface area (Å²) in [5.41, 5.74) is 7.36. The number of hydrogen-bond donors (Lipinski definition) is 2. The fraction of sp³-hybridized carbons (Fsp3) is 0.700. The zero-order valence-corrected chi connectivity index (χ0v) is 16.9. The van der Waals surface area contributed by atoms with E-state index in [9.17, 15) is 4.79 Å². The van der Waals surface area contributed by atoms with E-state index in [0.717, 1.165) is 89.1 Å². The topological polar surface area (TPSA) is 107 Å². The molecule has 1 atom stereocenters. The van der Waals surface area contributed by atoms with Gasteiger partial charge in [0.1, 0.15) is 5.52 Å². The number of imidazole rings is 1. The summed E-state index contributed by atoms with van der Waals surface area (Å²) in [6.45, 7) is 5.80. The summed E-state index contributed by atoms with van der Waals surface area (Å²) in [7, 11) is 0. The standard InChI is InChI=1S/C20H30N8O/c21-20-24-17-16(22-13-23-17)18(25-20)26-10-5-15(6-11-26)28-9-3-4-14(12-28)19(29)27-7-1-2-8-27/h13-15H,1-12H2,(H3,21,22,23,24,25)/t14-/m0/s1. The highest BCUT2D eigenvalue weighted by molar-refractivity contribution is 5.84. The molecule has 0 spiro atoms. The molecular formula is C20H30N8O. The van der Waals surface area contributed by atoms with Crippen molar-refractivity contribution in [3.05, 3.63) is 6.33 Å². The average Bonchev–Trinajstić information content (AvgIpc) is 3.45. The average molecular weight is 399 g/mol. The van der Waals surface area contributed by atoms with Crippen LogP contribution in [-0.4, -0.2) is 81.0 Å². The first-order valence-corrected chi connectivity index (χ1v) is 10.9. The molecule has 0 aromatic carbocycles. The van der Waals surface area contributed by atoms with Gasteiger partial charge in [-0.1, -0.05) is 0 Å². The molecule has 0 bridgehead atoms. The van der Waals surface area contributed by atoms with Crippen LogP contribution in [0, 0.1) is 5.92 Å². The second-order valence-electron chi connectivity index (χ2n) is 8.59. The van der Waals surface area contributed by atoms with Crippen LogP contribution in [0.2, 0.25) is 0 Å². The molecule has 3 aliphatic heterocycles. The van der Waals surface area contributed by atoms with Crippen molar-refractivity contribution in [1.29, 1.82) is 0 Å². The fourth-order valence-electron chi connectivity index (χ4n) is 5.24. The minimum absolute atomic E-state index is 0.186. The van der Waals surface area contributed by atoms with E-state index in [0.29, 0.717) is 17.6 Å². The Kier molecular flexibility index (Phi) is 4.99. The lowest BCUT2D eigenvalue weighted by Gasteiger charge is -2.42. The van der Waals surface area contributed by atoms with Gasteiger partial charge in [-0.3, -0.25) is 9.69 Å². The van der Waals surface area contributed by atoms with E-state index < -0.39 is 0 Å². The van der Waals surface area contributed by atoms with Gasteiger partial charge in [0.25, 0.3) is 0 Å². The molecule has 9 heteroatoms. The van der Waals surface area contributed by atoms with Crippen LogP contribution in [0.15, 0.2) is 6.33 Å². The van der Waals surface area contributed by atoms with Gasteiger partial charge in [-0.2, -0.15) is 9.97 Å². The first-order valence-electron chi connectivity index (χ1n) is 10.9. The van der Waals surface area contributed by atoms with E-state index >= 15 is 0 Å². The number of anilines is 2. The van der Waals surface area contributed by atoms with Gasteiger partial charge in [0.15, 0.2) is 11.5 Å². The van der Waals surface area contributed by atoms with Crippen LogP contribution in [0.4, 0.5) is 11.8 Å². The molecule has 3 N–H and O–H groups in total. The maximum absolute atomic E-state index is 12.9. The van der Waals surface area contributed by atoms with E-state index in [1.165, 1.54) is 0 Å². The van der Waals surface area contributed by atoms with Gasteiger partial charge >= 0.3 is 0 Å². The number of aromatic nitrogens is 4. The molecule has 5 rings (SSSR count). The number of aromatic amines is 1. The zero-order valence-electron chi connectivity index (χ0n) is 16.9. The van der Waals surface area contributed by atoms with Gasteiger partial charge in [-0.25, -0.2) is 4.98 Å². The Balaban J connectivity index is 1.22. The Hall–Kier alpha value is -2.42. The van der Waals surface area contributed by atoms with Crippen LogP contribution in [0.5, 0.6) is 0 Å². The number of fused-ring (bicyclic) bond motifs is 1. The van der Waals surface area contributed by atoms with Crippen LogP contribution in [0.3, 0.4) is 0 Å². The largest absolute Gasteiger partial charge is 0.368 e. The highest BCUT2D eigenvalue weighted by atomic mass is 16.2. The van der Waals surface area contributed by atoms with Crippen LogP contribution < -0.4 is 10.6 Å². The maximum Gasteiger partial charge on any atom is 0.226 e. The summed E-state index contributed by atoms with van der Waals surface area (Å²) < 4.78 is 0. The third-order valence-electron chi connectivity index (χ3n) is 6.78. The molecule has 3 saturated heterocycles. The predicted octanol–water partition coefficient (Wildman–Crippen LogP) is 1.24. The first kappa shape index (κ1) is 18.6. The number of nitrogens with one attached hydrogen (secondary N) is 1. The SMILES string of the molecule is Nc1nc(N2CCC(N3CCC[C@H](C(=O)N4CCCC4)C3)CC2)c2[nH]cnc2n1. The molecule has 156 valence electrons. The summed E-state index contributed by atoms with van der Waals surface area (Å²) in [5, 5.41) is 0. The Labute approximate surface area is 170 Å². The van der Waals surface area contributed by atoms with E-state index in [-0.39, 0.29) is 11.9 Å². The van der Waals surface area contributed by atoms with Crippen molar-refractivity contribution in [2.24, 2.45) is 5.92 Å². The Morgan fingerprint density at radius 1 is 1.03 bits per heavy atom. The molecule has 5 heterocycles. The summed E-state index contributed by atoms with van der Waals surface area (Å²) in [6, 6.07) is 0.539. The Morgan fingerprint density at radius 3 is 2.62 bits per heavy atom. The number of nitrogens with two attached hydrogens (primary N) is 1. The van der Waals surface area contributed by atoms with Crippen molar-refractivity contribution < 1.29 is 4.79 Å². The number of amides is 1. The molecule has 29 heavy (non-hydrogen) atoms. The Morgan fingerprint density at radius 2 is 1.83 bits per heavy atom. The Bertz CT molecular complexity index is 868. The molecule has 3 fully saturated rings. The molecule has 0 unspecified atom stereocenters. The van der Waals surface area contributed by atoms with Crippen LogP contribution in [0.1, 0.15) is 38.5 Å². The van der Waals surface area contributed by atoms with Crippen molar-refractivity contribution in [2.75, 3.05) is 49.9 Å². The van der Waals surface area contributed by atoms with Crippen molar-refractivity contribution in [3.8, 4) is 0 Å². The lowest BCUT2D eigenvalue weighted by atomic mass is 9.93. The number of likely N-dealkylation sites (tertiary alicyclic amines) is 2. The molecule has 0 saturated carbocycles.